The van der Waals surface area contributed by atoms with Crippen molar-refractivity contribution in [2.45, 2.75) is 44.2 Å². The van der Waals surface area contributed by atoms with Crippen molar-refractivity contribution < 1.29 is 14.2 Å². The molecule has 5 heterocycles. The molecule has 202 valence electrons. The fourth-order valence-electron chi connectivity index (χ4n) is 5.94. The first kappa shape index (κ1) is 28.0. The van der Waals surface area contributed by atoms with Crippen molar-refractivity contribution in [1.82, 2.24) is 24.6 Å². The quantitative estimate of drug-likeness (QED) is 0.447. The average Bonchev–Trinajstić information content (AvgIpc) is 3.63. The summed E-state index contributed by atoms with van der Waals surface area (Å²) < 4.78 is 18.5. The van der Waals surface area contributed by atoms with E-state index in [1.165, 1.54) is 11.1 Å². The van der Waals surface area contributed by atoms with Gasteiger partial charge in [0.1, 0.15) is 5.82 Å². The summed E-state index contributed by atoms with van der Waals surface area (Å²) in [6.45, 7) is 7.86. The normalized spacial score (nSPS) is 21.8. The number of fused-ring (bicyclic) bond motifs is 3. The standard InChI is InChI=1S/C26H34N6O3.2H2S/c1-17-10-19-14-27-32(23(19)12-22(17)18-4-6-30(7-5-18)8-9-33-2)25-13-24(28-26(29-25)34-3)31-15-21-11-20(31)16-35-21;;/h10,12-14,18,20-21H,4-9,11,15-16H2,1-3H3;2*1H2. The Bertz CT molecular complexity index is 1220. The number of aryl methyl sites for hydroxylation is 1. The molecule has 0 N–H and O–H groups in total. The van der Waals surface area contributed by atoms with Gasteiger partial charge in [-0.1, -0.05) is 0 Å². The number of methoxy groups -OCH3 is 2. The van der Waals surface area contributed by atoms with Crippen molar-refractivity contribution in [2.75, 3.05) is 58.5 Å². The molecule has 37 heavy (non-hydrogen) atoms. The number of hydrogen-bond acceptors (Lipinski definition) is 8. The Morgan fingerprint density at radius 3 is 2.51 bits per heavy atom. The highest BCUT2D eigenvalue weighted by Crippen LogP contribution is 2.35. The minimum atomic E-state index is 0. The molecule has 3 saturated heterocycles. The fraction of sp³-hybridized carbons (Fsp3) is 0.577. The van der Waals surface area contributed by atoms with Gasteiger partial charge in [0.25, 0.3) is 0 Å². The number of nitrogens with zero attached hydrogens (tertiary/aromatic N) is 6. The van der Waals surface area contributed by atoms with Crippen LogP contribution in [-0.2, 0) is 9.47 Å². The van der Waals surface area contributed by atoms with Gasteiger partial charge in [-0.2, -0.15) is 42.1 Å². The summed E-state index contributed by atoms with van der Waals surface area (Å²) in [6, 6.07) is 7.35. The summed E-state index contributed by atoms with van der Waals surface area (Å²) in [7, 11) is 3.39. The third-order valence-electron chi connectivity index (χ3n) is 7.87. The minimum absolute atomic E-state index is 0. The summed E-state index contributed by atoms with van der Waals surface area (Å²) in [5.74, 6) is 2.16. The van der Waals surface area contributed by atoms with Crippen molar-refractivity contribution in [3.8, 4) is 11.8 Å². The number of benzene rings is 1. The van der Waals surface area contributed by atoms with E-state index in [2.05, 4.69) is 38.8 Å². The number of rotatable bonds is 7. The summed E-state index contributed by atoms with van der Waals surface area (Å²) in [5, 5.41) is 5.86. The van der Waals surface area contributed by atoms with Crippen LogP contribution in [0.15, 0.2) is 24.4 Å². The molecule has 1 aromatic carbocycles. The van der Waals surface area contributed by atoms with Gasteiger partial charge in [0.05, 0.1) is 44.2 Å². The molecular weight excluding hydrogens is 508 g/mol. The lowest BCUT2D eigenvalue weighted by atomic mass is 9.86. The molecule has 0 amide bonds. The van der Waals surface area contributed by atoms with Crippen LogP contribution in [0.1, 0.15) is 36.3 Å². The van der Waals surface area contributed by atoms with E-state index < -0.39 is 0 Å². The van der Waals surface area contributed by atoms with Crippen LogP contribution in [0.4, 0.5) is 5.82 Å². The second-order valence-electron chi connectivity index (χ2n) is 10.0. The zero-order chi connectivity index (χ0) is 23.9. The van der Waals surface area contributed by atoms with E-state index in [9.17, 15) is 0 Å². The number of morpholine rings is 1. The largest absolute Gasteiger partial charge is 0.467 e. The molecule has 3 aromatic rings. The maximum Gasteiger partial charge on any atom is 0.320 e. The Balaban J connectivity index is 0.00000160. The smallest absolute Gasteiger partial charge is 0.320 e. The monoisotopic (exact) mass is 546 g/mol. The van der Waals surface area contributed by atoms with E-state index in [-0.39, 0.29) is 27.0 Å². The fourth-order valence-corrected chi connectivity index (χ4v) is 5.94. The molecule has 3 aliphatic heterocycles. The van der Waals surface area contributed by atoms with E-state index in [4.69, 9.17) is 19.3 Å². The second-order valence-corrected chi connectivity index (χ2v) is 10.0. The van der Waals surface area contributed by atoms with Crippen LogP contribution in [-0.4, -0.2) is 90.4 Å². The van der Waals surface area contributed by atoms with Crippen LogP contribution in [0.2, 0.25) is 0 Å². The molecule has 11 heteroatoms. The molecule has 3 aliphatic rings. The van der Waals surface area contributed by atoms with Gasteiger partial charge in [-0.3, -0.25) is 0 Å². The lowest BCUT2D eigenvalue weighted by Crippen LogP contribution is -2.37. The lowest BCUT2D eigenvalue weighted by Gasteiger charge is -2.32. The molecule has 2 atom stereocenters. The molecule has 0 radical (unpaired) electrons. The van der Waals surface area contributed by atoms with Crippen LogP contribution in [0.3, 0.4) is 0 Å². The highest BCUT2D eigenvalue weighted by molar-refractivity contribution is 7.59. The topological polar surface area (TPSA) is 77.8 Å². The summed E-state index contributed by atoms with van der Waals surface area (Å²) in [5.41, 5.74) is 3.83. The van der Waals surface area contributed by atoms with Crippen LogP contribution in [0.25, 0.3) is 16.7 Å². The molecular formula is C26H38N6O3S2. The van der Waals surface area contributed by atoms with Crippen molar-refractivity contribution in [1.29, 1.82) is 0 Å². The number of hydrogen-bond donors (Lipinski definition) is 0. The Hall–Kier alpha value is -2.05. The van der Waals surface area contributed by atoms with E-state index in [0.717, 1.165) is 81.2 Å². The van der Waals surface area contributed by atoms with Crippen molar-refractivity contribution in [2.24, 2.45) is 0 Å². The average molecular weight is 547 g/mol. The predicted octanol–water partition coefficient (Wildman–Crippen LogP) is 3.16. The van der Waals surface area contributed by atoms with Crippen molar-refractivity contribution in [3.05, 3.63) is 35.5 Å². The summed E-state index contributed by atoms with van der Waals surface area (Å²) in [4.78, 5) is 14.2. The van der Waals surface area contributed by atoms with Gasteiger partial charge >= 0.3 is 6.01 Å². The van der Waals surface area contributed by atoms with E-state index in [1.54, 1.807) is 14.2 Å². The van der Waals surface area contributed by atoms with E-state index >= 15 is 0 Å². The number of ether oxygens (including phenoxy) is 3. The Morgan fingerprint density at radius 2 is 1.84 bits per heavy atom. The van der Waals surface area contributed by atoms with Gasteiger partial charge in [0.2, 0.25) is 0 Å². The summed E-state index contributed by atoms with van der Waals surface area (Å²) >= 11 is 0. The third-order valence-corrected chi connectivity index (χ3v) is 7.87. The summed E-state index contributed by atoms with van der Waals surface area (Å²) in [6.07, 6.45) is 5.60. The van der Waals surface area contributed by atoms with Crippen molar-refractivity contribution in [3.63, 3.8) is 0 Å². The molecule has 3 fully saturated rings. The second kappa shape index (κ2) is 11.8. The molecule has 0 spiro atoms. The maximum absolute atomic E-state index is 5.79. The van der Waals surface area contributed by atoms with Gasteiger partial charge < -0.3 is 24.0 Å². The lowest BCUT2D eigenvalue weighted by molar-refractivity contribution is 0.0988. The van der Waals surface area contributed by atoms with Crippen molar-refractivity contribution >= 4 is 43.7 Å². The SMILES string of the molecule is COCCN1CCC(c2cc3c(cnn3-c3cc(N4CC5CC4CO5)nc(OC)n3)cc2C)CC1.S.S. The number of piperidine rings is 1. The van der Waals surface area contributed by atoms with Crippen LogP contribution in [0, 0.1) is 6.92 Å². The van der Waals surface area contributed by atoms with Gasteiger partial charge in [-0.25, -0.2) is 4.68 Å². The van der Waals surface area contributed by atoms with Crippen LogP contribution >= 0.6 is 27.0 Å². The maximum atomic E-state index is 5.79. The number of likely N-dealkylation sites (tertiary alicyclic amines) is 1. The highest BCUT2D eigenvalue weighted by atomic mass is 32.1. The highest BCUT2D eigenvalue weighted by Gasteiger charge is 2.40. The minimum Gasteiger partial charge on any atom is -0.467 e. The van der Waals surface area contributed by atoms with Crippen LogP contribution in [0.5, 0.6) is 6.01 Å². The predicted molar refractivity (Wildman–Crippen MR) is 154 cm³/mol. The van der Waals surface area contributed by atoms with E-state index in [0.29, 0.717) is 24.1 Å². The molecule has 6 rings (SSSR count). The first-order chi connectivity index (χ1) is 17.1. The Labute approximate surface area is 232 Å². The Kier molecular flexibility index (Phi) is 8.90. The van der Waals surface area contributed by atoms with Gasteiger partial charge in [0, 0.05) is 31.7 Å². The molecule has 0 saturated carbocycles. The van der Waals surface area contributed by atoms with Gasteiger partial charge in [0.15, 0.2) is 5.82 Å². The first-order valence-electron chi connectivity index (χ1n) is 12.6. The van der Waals surface area contributed by atoms with Gasteiger partial charge in [-0.05, 0) is 68.5 Å². The van der Waals surface area contributed by atoms with Crippen LogP contribution < -0.4 is 9.64 Å². The first-order valence-corrected chi connectivity index (χ1v) is 12.6. The number of anilines is 1. The Morgan fingerprint density at radius 1 is 1.05 bits per heavy atom. The molecule has 2 aromatic heterocycles. The third kappa shape index (κ3) is 5.42. The van der Waals surface area contributed by atoms with E-state index in [1.807, 2.05) is 16.9 Å². The molecule has 2 unspecified atom stereocenters. The zero-order valence-electron chi connectivity index (χ0n) is 21.8. The zero-order valence-corrected chi connectivity index (χ0v) is 23.8. The molecule has 9 nitrogen and oxygen atoms in total. The molecule has 0 aliphatic carbocycles. The number of aromatic nitrogens is 4. The molecule has 2 bridgehead atoms. The van der Waals surface area contributed by atoms with Gasteiger partial charge in [-0.15, -0.1) is 0 Å².